The minimum absolute atomic E-state index is 0.0569. The highest BCUT2D eigenvalue weighted by molar-refractivity contribution is 7.90. The number of rotatable bonds is 7. The number of alkyl halides is 3. The van der Waals surface area contributed by atoms with Crippen molar-refractivity contribution in [1.82, 2.24) is 24.8 Å². The Morgan fingerprint density at radius 2 is 1.56 bits per heavy atom. The predicted octanol–water partition coefficient (Wildman–Crippen LogP) is 4.50. The molecule has 5 fully saturated rings. The molecule has 2 amide bonds. The van der Waals surface area contributed by atoms with Gasteiger partial charge in [0.15, 0.2) is 11.5 Å². The van der Waals surface area contributed by atoms with E-state index >= 15 is 0 Å². The highest BCUT2D eigenvalue weighted by Crippen LogP contribution is 2.60. The van der Waals surface area contributed by atoms with E-state index in [1.165, 1.54) is 48.6 Å². The topological polar surface area (TPSA) is 146 Å². The third kappa shape index (κ3) is 6.69. The maximum absolute atomic E-state index is 13.7. The molecule has 8 rings (SSSR count). The molecule has 15 heteroatoms. The number of carbonyl (C=O) groups is 2. The zero-order valence-electron chi connectivity index (χ0n) is 26.0. The molecule has 0 radical (unpaired) electrons. The summed E-state index contributed by atoms with van der Waals surface area (Å²) in [5.41, 5.74) is -1.21. The zero-order chi connectivity index (χ0) is 33.8. The minimum Gasteiger partial charge on any atom is -0.506 e. The molecule has 2 N–H and O–H groups in total. The summed E-state index contributed by atoms with van der Waals surface area (Å²) in [4.78, 5) is 33.3. The van der Waals surface area contributed by atoms with E-state index in [1.54, 1.807) is 6.07 Å². The first-order valence-corrected chi connectivity index (χ1v) is 17.7. The quantitative estimate of drug-likeness (QED) is 0.368. The van der Waals surface area contributed by atoms with Crippen LogP contribution in [0.3, 0.4) is 0 Å². The van der Waals surface area contributed by atoms with E-state index < -0.39 is 33.6 Å². The summed E-state index contributed by atoms with van der Waals surface area (Å²) in [6, 6.07) is 7.29. The van der Waals surface area contributed by atoms with Crippen LogP contribution in [0.2, 0.25) is 0 Å². The molecule has 3 heterocycles. The van der Waals surface area contributed by atoms with Gasteiger partial charge >= 0.3 is 6.18 Å². The second kappa shape index (κ2) is 12.0. The van der Waals surface area contributed by atoms with E-state index in [0.717, 1.165) is 37.6 Å². The number of hydrogen-bond acceptors (Lipinski definition) is 9. The van der Waals surface area contributed by atoms with E-state index in [4.69, 9.17) is 0 Å². The molecule has 5 aliphatic rings. The van der Waals surface area contributed by atoms with Crippen molar-refractivity contribution in [3.8, 4) is 16.9 Å². The Morgan fingerprint density at radius 3 is 2.15 bits per heavy atom. The number of benzene rings is 1. The third-order valence-corrected chi connectivity index (χ3v) is 11.7. The molecule has 1 aromatic carbocycles. The molecule has 0 atom stereocenters. The number of halogens is 3. The van der Waals surface area contributed by atoms with E-state index in [0.29, 0.717) is 36.7 Å². The fraction of sp³-hybridized carbons (Fsp3) is 0.485. The highest BCUT2D eigenvalue weighted by atomic mass is 32.2. The summed E-state index contributed by atoms with van der Waals surface area (Å²) in [6.07, 6.45) is 4.04. The Morgan fingerprint density at radius 1 is 0.896 bits per heavy atom. The molecule has 254 valence electrons. The van der Waals surface area contributed by atoms with Crippen LogP contribution in [0.1, 0.15) is 64.9 Å². The SMILES string of the molecule is O=C(NS(=O)(=O)CC12CC3CC(CC(C3)C1)C2)c1ccc(N2CCN(C(=O)c3cc(-c4cncc(O)c4)cc(C(F)(F)F)c3)CC2)nn1. The van der Waals surface area contributed by atoms with Crippen molar-refractivity contribution in [2.75, 3.05) is 36.8 Å². The molecular formula is C33H35F3N6O5S. The van der Waals surface area contributed by atoms with Crippen LogP contribution in [0.25, 0.3) is 11.1 Å². The molecule has 1 aliphatic heterocycles. The molecule has 4 saturated carbocycles. The Kier molecular flexibility index (Phi) is 8.07. The average Bonchev–Trinajstić information content (AvgIpc) is 3.02. The van der Waals surface area contributed by atoms with E-state index in [-0.39, 0.29) is 52.4 Å². The summed E-state index contributed by atoms with van der Waals surface area (Å²) in [6.45, 7) is 0.969. The predicted molar refractivity (Wildman–Crippen MR) is 168 cm³/mol. The minimum atomic E-state index is -4.70. The Labute approximate surface area is 275 Å². The zero-order valence-corrected chi connectivity index (χ0v) is 26.8. The monoisotopic (exact) mass is 684 g/mol. The highest BCUT2D eigenvalue weighted by Gasteiger charge is 2.52. The van der Waals surface area contributed by atoms with Gasteiger partial charge in [-0.2, -0.15) is 13.2 Å². The molecule has 11 nitrogen and oxygen atoms in total. The lowest BCUT2D eigenvalue weighted by Gasteiger charge is -2.56. The number of piperazine rings is 1. The van der Waals surface area contributed by atoms with Gasteiger partial charge < -0.3 is 14.9 Å². The smallest absolute Gasteiger partial charge is 0.416 e. The van der Waals surface area contributed by atoms with Crippen molar-refractivity contribution in [3.63, 3.8) is 0 Å². The summed E-state index contributed by atoms with van der Waals surface area (Å²) in [5, 5.41) is 17.8. The van der Waals surface area contributed by atoms with Crippen LogP contribution in [0, 0.1) is 23.2 Å². The van der Waals surface area contributed by atoms with Crippen molar-refractivity contribution >= 4 is 27.7 Å². The Bertz CT molecular complexity index is 1810. The number of hydrogen-bond donors (Lipinski definition) is 2. The molecule has 1 saturated heterocycles. The Balaban J connectivity index is 0.974. The fourth-order valence-electron chi connectivity index (χ4n) is 8.70. The second-order valence-electron chi connectivity index (χ2n) is 13.9. The second-order valence-corrected chi connectivity index (χ2v) is 15.6. The number of nitrogens with zero attached hydrogens (tertiary/aromatic N) is 5. The Hall–Kier alpha value is -4.27. The molecule has 48 heavy (non-hydrogen) atoms. The first-order valence-electron chi connectivity index (χ1n) is 16.0. The number of anilines is 1. The van der Waals surface area contributed by atoms with Crippen molar-refractivity contribution in [2.24, 2.45) is 23.2 Å². The lowest BCUT2D eigenvalue weighted by molar-refractivity contribution is -0.137. The van der Waals surface area contributed by atoms with E-state index in [2.05, 4.69) is 19.9 Å². The molecular weight excluding hydrogens is 649 g/mol. The molecule has 0 spiro atoms. The molecule has 0 unspecified atom stereocenters. The van der Waals surface area contributed by atoms with Gasteiger partial charge in [-0.25, -0.2) is 13.1 Å². The molecule has 3 aromatic rings. The van der Waals surface area contributed by atoms with E-state index in [1.807, 2.05) is 4.90 Å². The summed E-state index contributed by atoms with van der Waals surface area (Å²) >= 11 is 0. The molecule has 4 aliphatic carbocycles. The van der Waals surface area contributed by atoms with Crippen LogP contribution < -0.4 is 9.62 Å². The van der Waals surface area contributed by atoms with Gasteiger partial charge in [0, 0.05) is 43.5 Å². The summed E-state index contributed by atoms with van der Waals surface area (Å²) < 4.78 is 69.6. The average molecular weight is 685 g/mol. The first kappa shape index (κ1) is 32.3. The van der Waals surface area contributed by atoms with Gasteiger partial charge in [0.25, 0.3) is 11.8 Å². The van der Waals surface area contributed by atoms with Crippen LogP contribution in [-0.4, -0.2) is 77.4 Å². The number of amides is 2. The van der Waals surface area contributed by atoms with Crippen molar-refractivity contribution in [2.45, 2.75) is 44.7 Å². The summed E-state index contributed by atoms with van der Waals surface area (Å²) in [7, 11) is -3.88. The third-order valence-electron chi connectivity index (χ3n) is 10.2. The van der Waals surface area contributed by atoms with Crippen LogP contribution >= 0.6 is 0 Å². The normalized spacial score (nSPS) is 25.3. The summed E-state index contributed by atoms with van der Waals surface area (Å²) in [5.74, 6) is 0.474. The van der Waals surface area contributed by atoms with Crippen LogP contribution in [0.15, 0.2) is 48.8 Å². The first-order chi connectivity index (χ1) is 22.7. The number of carbonyl (C=O) groups excluding carboxylic acids is 2. The number of nitrogens with one attached hydrogen (secondary N) is 1. The fourth-order valence-corrected chi connectivity index (χ4v) is 10.3. The molecule has 4 bridgehead atoms. The number of aromatic nitrogens is 3. The van der Waals surface area contributed by atoms with Crippen molar-refractivity contribution < 1.29 is 36.3 Å². The number of pyridine rings is 1. The van der Waals surface area contributed by atoms with Gasteiger partial charge in [-0.1, -0.05) is 0 Å². The standard InChI is InChI=1S/C33H35F3N6O5S/c34-33(35,36)26-11-23(25-13-27(43)18-37-17-25)10-24(12-26)31(45)42-5-3-41(4-6-42)29-2-1-28(38-39-29)30(44)40-48(46,47)19-32-14-20-7-21(15-32)9-22(8-20)16-32/h1-2,10-13,17-18,20-22,43H,3-9,14-16,19H2,(H,40,44). The lowest BCUT2D eigenvalue weighted by Crippen LogP contribution is -2.51. The van der Waals surface area contributed by atoms with Gasteiger partial charge in [0.1, 0.15) is 5.75 Å². The van der Waals surface area contributed by atoms with Gasteiger partial charge in [-0.3, -0.25) is 14.6 Å². The number of sulfonamides is 1. The van der Waals surface area contributed by atoms with E-state index in [9.17, 15) is 36.3 Å². The number of aromatic hydroxyl groups is 1. The van der Waals surface area contributed by atoms with Gasteiger partial charge in [-0.15, -0.1) is 10.2 Å². The maximum atomic E-state index is 13.7. The van der Waals surface area contributed by atoms with Crippen LogP contribution in [0.4, 0.5) is 19.0 Å². The van der Waals surface area contributed by atoms with Crippen LogP contribution in [-0.2, 0) is 16.2 Å². The maximum Gasteiger partial charge on any atom is 0.416 e. The van der Waals surface area contributed by atoms with Gasteiger partial charge in [0.2, 0.25) is 10.0 Å². The van der Waals surface area contributed by atoms with Gasteiger partial charge in [-0.05, 0) is 104 Å². The lowest BCUT2D eigenvalue weighted by atomic mass is 9.50. The van der Waals surface area contributed by atoms with Crippen molar-refractivity contribution in [3.05, 3.63) is 65.6 Å². The van der Waals surface area contributed by atoms with Crippen LogP contribution in [0.5, 0.6) is 5.75 Å². The van der Waals surface area contributed by atoms with Crippen molar-refractivity contribution in [1.29, 1.82) is 0 Å². The molecule has 2 aromatic heterocycles. The largest absolute Gasteiger partial charge is 0.506 e. The van der Waals surface area contributed by atoms with Gasteiger partial charge in [0.05, 0.1) is 17.5 Å².